The second kappa shape index (κ2) is 4.74. The minimum absolute atomic E-state index is 0.111. The number of aliphatic hydroxyl groups excluding tert-OH is 1. The maximum absolute atomic E-state index is 13.6. The molecule has 6 N–H and O–H groups in total. The predicted molar refractivity (Wildman–Crippen MR) is 93.3 cm³/mol. The van der Waals surface area contributed by atoms with Crippen LogP contribution in [0.1, 0.15) is 29.3 Å². The molecule has 2 saturated carbocycles. The topological polar surface area (TPSA) is 175 Å². The molecule has 0 saturated heterocycles. The molecular formula is C20H17NO8. The van der Waals surface area contributed by atoms with E-state index in [0.29, 0.717) is 0 Å². The summed E-state index contributed by atoms with van der Waals surface area (Å²) in [4.78, 5) is 52.0. The number of rotatable bonds is 1. The smallest absolute Gasteiger partial charge is 0.255 e. The van der Waals surface area contributed by atoms with Crippen molar-refractivity contribution in [3.8, 4) is 5.75 Å². The van der Waals surface area contributed by atoms with E-state index >= 15 is 0 Å². The highest BCUT2D eigenvalue weighted by Crippen LogP contribution is 2.73. The summed E-state index contributed by atoms with van der Waals surface area (Å²) in [6.07, 6.45) is -0.122. The van der Waals surface area contributed by atoms with E-state index in [1.165, 1.54) is 25.1 Å². The molecule has 0 aromatic heterocycles. The Labute approximate surface area is 163 Å². The van der Waals surface area contributed by atoms with Gasteiger partial charge in [0.15, 0.2) is 23.0 Å². The number of Topliss-reactive ketones (excluding diaryl/α,β-unsaturated/α-hetero) is 3. The van der Waals surface area contributed by atoms with Crippen LogP contribution in [0.5, 0.6) is 5.75 Å². The molecule has 150 valence electrons. The molecule has 1 aromatic rings. The van der Waals surface area contributed by atoms with Gasteiger partial charge in [-0.05, 0) is 25.0 Å². The van der Waals surface area contributed by atoms with E-state index < -0.39 is 74.7 Å². The number of carbonyl (C=O) groups is 4. The van der Waals surface area contributed by atoms with Gasteiger partial charge in [-0.15, -0.1) is 0 Å². The van der Waals surface area contributed by atoms with Crippen LogP contribution in [-0.2, 0) is 20.0 Å². The summed E-state index contributed by atoms with van der Waals surface area (Å²) in [6, 6.07) is 4.10. The van der Waals surface area contributed by atoms with Crippen LogP contribution in [0.4, 0.5) is 0 Å². The Morgan fingerprint density at radius 2 is 1.83 bits per heavy atom. The maximum atomic E-state index is 13.6. The lowest BCUT2D eigenvalue weighted by molar-refractivity contribution is -0.156. The van der Waals surface area contributed by atoms with Gasteiger partial charge in [0.05, 0.1) is 11.2 Å². The summed E-state index contributed by atoms with van der Waals surface area (Å²) >= 11 is 0. The largest absolute Gasteiger partial charge is 0.508 e. The summed E-state index contributed by atoms with van der Waals surface area (Å²) in [5.41, 5.74) is -2.56. The summed E-state index contributed by atoms with van der Waals surface area (Å²) in [7, 11) is 0. The number of ketones is 3. The third-order valence-corrected chi connectivity index (χ3v) is 7.43. The minimum atomic E-state index is -2.63. The van der Waals surface area contributed by atoms with E-state index in [1.807, 2.05) is 0 Å². The lowest BCUT2D eigenvalue weighted by atomic mass is 9.54. The van der Waals surface area contributed by atoms with Crippen LogP contribution >= 0.6 is 0 Å². The van der Waals surface area contributed by atoms with Crippen molar-refractivity contribution in [3.05, 3.63) is 40.7 Å². The van der Waals surface area contributed by atoms with Crippen LogP contribution in [0.2, 0.25) is 0 Å². The third kappa shape index (κ3) is 1.52. The first kappa shape index (κ1) is 18.0. The zero-order chi connectivity index (χ0) is 21.3. The van der Waals surface area contributed by atoms with Gasteiger partial charge >= 0.3 is 0 Å². The SMILES string of the molecule is CC1(O)c2cccc(O)c2C(=O)C23C(=O)C4(O)C(O)=C(C(N)=O)C(=O)C2C4CC13. The van der Waals surface area contributed by atoms with Crippen molar-refractivity contribution < 1.29 is 39.6 Å². The number of benzene rings is 1. The molecule has 1 amide bonds. The Kier molecular flexibility index (Phi) is 2.95. The molecule has 9 heteroatoms. The second-order valence-electron chi connectivity index (χ2n) is 8.47. The zero-order valence-corrected chi connectivity index (χ0v) is 15.2. The number of nitrogens with two attached hydrogens (primary N) is 1. The van der Waals surface area contributed by atoms with Crippen LogP contribution in [0.3, 0.4) is 0 Å². The fourth-order valence-electron chi connectivity index (χ4n) is 6.35. The van der Waals surface area contributed by atoms with Gasteiger partial charge < -0.3 is 26.2 Å². The van der Waals surface area contributed by atoms with Crippen molar-refractivity contribution in [1.82, 2.24) is 0 Å². The summed E-state index contributed by atoms with van der Waals surface area (Å²) in [6.45, 7) is 1.37. The lowest BCUT2D eigenvalue weighted by Crippen LogP contribution is -2.61. The average Bonchev–Trinajstić information content (AvgIpc) is 3.09. The molecule has 4 bridgehead atoms. The first-order valence-corrected chi connectivity index (χ1v) is 9.09. The normalized spacial score (nSPS) is 42.2. The molecule has 5 rings (SSSR count). The molecule has 6 atom stereocenters. The quantitative estimate of drug-likeness (QED) is 0.302. The molecule has 1 aromatic carbocycles. The number of aliphatic hydroxyl groups is 3. The lowest BCUT2D eigenvalue weighted by Gasteiger charge is -2.48. The number of hydrogen-bond acceptors (Lipinski definition) is 8. The van der Waals surface area contributed by atoms with Gasteiger partial charge in [0, 0.05) is 17.8 Å². The molecule has 9 nitrogen and oxygen atoms in total. The van der Waals surface area contributed by atoms with E-state index in [1.54, 1.807) is 0 Å². The Morgan fingerprint density at radius 1 is 1.17 bits per heavy atom. The average molecular weight is 399 g/mol. The van der Waals surface area contributed by atoms with Gasteiger partial charge in [0.1, 0.15) is 22.5 Å². The number of primary amides is 1. The zero-order valence-electron chi connectivity index (χ0n) is 15.2. The van der Waals surface area contributed by atoms with Crippen LogP contribution in [0, 0.1) is 23.2 Å². The fraction of sp³-hybridized carbons (Fsp3) is 0.400. The molecule has 0 aliphatic heterocycles. The molecule has 29 heavy (non-hydrogen) atoms. The van der Waals surface area contributed by atoms with Gasteiger partial charge in [-0.1, -0.05) is 12.1 Å². The van der Waals surface area contributed by atoms with Crippen molar-refractivity contribution in [1.29, 1.82) is 0 Å². The van der Waals surface area contributed by atoms with Gasteiger partial charge in [0.2, 0.25) is 0 Å². The Hall–Kier alpha value is -3.04. The van der Waals surface area contributed by atoms with E-state index in [4.69, 9.17) is 5.73 Å². The Morgan fingerprint density at radius 3 is 2.45 bits per heavy atom. The number of carbonyl (C=O) groups excluding carboxylic acids is 4. The number of phenols is 1. The predicted octanol–water partition coefficient (Wildman–Crippen LogP) is -0.771. The Balaban J connectivity index is 1.87. The number of amides is 1. The highest BCUT2D eigenvalue weighted by atomic mass is 16.4. The monoisotopic (exact) mass is 399 g/mol. The fourth-order valence-corrected chi connectivity index (χ4v) is 6.35. The molecule has 0 heterocycles. The van der Waals surface area contributed by atoms with Crippen LogP contribution in [-0.4, -0.2) is 49.3 Å². The molecular weight excluding hydrogens is 382 g/mol. The second-order valence-corrected chi connectivity index (χ2v) is 8.47. The van der Waals surface area contributed by atoms with Gasteiger partial charge in [-0.3, -0.25) is 19.2 Å². The summed E-state index contributed by atoms with van der Waals surface area (Å²) in [5.74, 6) is -9.81. The summed E-state index contributed by atoms with van der Waals surface area (Å²) < 4.78 is 0. The highest BCUT2D eigenvalue weighted by Gasteiger charge is 2.85. The molecule has 2 fully saturated rings. The van der Waals surface area contributed by atoms with E-state index in [9.17, 15) is 39.6 Å². The van der Waals surface area contributed by atoms with E-state index in [2.05, 4.69) is 0 Å². The molecule has 6 unspecified atom stereocenters. The number of fused-ring (bicyclic) bond motifs is 1. The summed E-state index contributed by atoms with van der Waals surface area (Å²) in [5, 5.41) is 43.2. The molecule has 0 radical (unpaired) electrons. The van der Waals surface area contributed by atoms with Crippen molar-refractivity contribution in [3.63, 3.8) is 0 Å². The maximum Gasteiger partial charge on any atom is 0.255 e. The van der Waals surface area contributed by atoms with Crippen molar-refractivity contribution in [2.24, 2.45) is 28.9 Å². The number of phenolic OH excluding ortho intramolecular Hbond substituents is 1. The van der Waals surface area contributed by atoms with Crippen molar-refractivity contribution >= 4 is 23.3 Å². The van der Waals surface area contributed by atoms with Crippen LogP contribution in [0.15, 0.2) is 29.5 Å². The number of hydrogen-bond donors (Lipinski definition) is 5. The highest BCUT2D eigenvalue weighted by molar-refractivity contribution is 6.32. The van der Waals surface area contributed by atoms with Crippen LogP contribution in [0.25, 0.3) is 0 Å². The van der Waals surface area contributed by atoms with Gasteiger partial charge in [0.25, 0.3) is 5.91 Å². The first-order chi connectivity index (χ1) is 13.4. The minimum Gasteiger partial charge on any atom is -0.508 e. The number of aromatic hydroxyl groups is 1. The van der Waals surface area contributed by atoms with Crippen molar-refractivity contribution in [2.75, 3.05) is 0 Å². The van der Waals surface area contributed by atoms with E-state index in [0.717, 1.165) is 0 Å². The van der Waals surface area contributed by atoms with Gasteiger partial charge in [-0.25, -0.2) is 0 Å². The first-order valence-electron chi connectivity index (χ1n) is 9.09. The third-order valence-electron chi connectivity index (χ3n) is 7.43. The van der Waals surface area contributed by atoms with Crippen molar-refractivity contribution in [2.45, 2.75) is 24.5 Å². The molecule has 1 spiro atoms. The molecule has 4 aliphatic rings. The Bertz CT molecular complexity index is 1120. The van der Waals surface area contributed by atoms with Crippen LogP contribution < -0.4 is 5.73 Å². The molecule has 4 aliphatic carbocycles. The standard InChI is InChI=1S/C20H17NO8/c1-18(28)6-3-2-4-8(22)10(6)14(24)19-9(18)5-7-12(19)13(23)11(16(21)26)15(25)20(7,29)17(19)27/h2-4,7,9,12,22,25,28-29H,5H2,1H3,(H2,21,26). The van der Waals surface area contributed by atoms with E-state index in [-0.39, 0.29) is 17.5 Å². The van der Waals surface area contributed by atoms with Gasteiger partial charge in [-0.2, -0.15) is 0 Å².